The fourth-order valence-electron chi connectivity index (χ4n) is 1.15. The minimum Gasteiger partial charge on any atom is -0.388 e. The average molecular weight is 231 g/mol. The summed E-state index contributed by atoms with van der Waals surface area (Å²) >= 11 is 3.51. The van der Waals surface area contributed by atoms with E-state index >= 15 is 0 Å². The zero-order chi connectivity index (χ0) is 10.7. The van der Waals surface area contributed by atoms with Crippen LogP contribution in [0.4, 0.5) is 0 Å². The molecule has 0 aliphatic rings. The number of hydrogen-bond donors (Lipinski definition) is 1. The van der Waals surface area contributed by atoms with Gasteiger partial charge in [-0.25, -0.2) is 4.98 Å². The highest BCUT2D eigenvalue weighted by molar-refractivity contribution is 7.99. The molecule has 0 aliphatic heterocycles. The van der Waals surface area contributed by atoms with Crippen LogP contribution in [0.15, 0.2) is 0 Å². The van der Waals surface area contributed by atoms with E-state index in [2.05, 4.69) is 18.8 Å². The van der Waals surface area contributed by atoms with Crippen LogP contribution in [-0.2, 0) is 5.75 Å². The molecule has 0 fully saturated rings. The lowest BCUT2D eigenvalue weighted by Gasteiger charge is -2.00. The predicted octanol–water partition coefficient (Wildman–Crippen LogP) is 3.15. The smallest absolute Gasteiger partial charge is 0.103 e. The van der Waals surface area contributed by atoms with Crippen molar-refractivity contribution in [3.8, 4) is 0 Å². The van der Waals surface area contributed by atoms with Crippen molar-refractivity contribution >= 4 is 23.1 Å². The third-order valence-electron chi connectivity index (χ3n) is 1.80. The molecule has 0 aromatic carbocycles. The quantitative estimate of drug-likeness (QED) is 0.864. The maximum Gasteiger partial charge on any atom is 0.103 e. The van der Waals surface area contributed by atoms with E-state index in [0.717, 1.165) is 21.3 Å². The standard InChI is InChI=1S/C10H17NOS2/c1-6(2)13-5-9-11-7(3)10(14-9)8(4)12/h6,8,12H,5H2,1-4H3. The zero-order valence-corrected chi connectivity index (χ0v) is 10.7. The minimum atomic E-state index is -0.384. The van der Waals surface area contributed by atoms with Gasteiger partial charge < -0.3 is 5.11 Å². The normalized spacial score (nSPS) is 13.6. The molecule has 1 aromatic rings. The summed E-state index contributed by atoms with van der Waals surface area (Å²) in [6, 6.07) is 0. The number of thiazole rings is 1. The lowest BCUT2D eigenvalue weighted by atomic mass is 10.3. The molecule has 1 aromatic heterocycles. The average Bonchev–Trinajstić information content (AvgIpc) is 2.43. The zero-order valence-electron chi connectivity index (χ0n) is 9.07. The van der Waals surface area contributed by atoms with Crippen molar-refractivity contribution in [3.63, 3.8) is 0 Å². The summed E-state index contributed by atoms with van der Waals surface area (Å²) in [6.07, 6.45) is -0.384. The summed E-state index contributed by atoms with van der Waals surface area (Å²) in [5.41, 5.74) is 0.976. The van der Waals surface area contributed by atoms with Gasteiger partial charge in [-0.2, -0.15) is 11.8 Å². The summed E-state index contributed by atoms with van der Waals surface area (Å²) in [5, 5.41) is 11.2. The van der Waals surface area contributed by atoms with Crippen LogP contribution >= 0.6 is 23.1 Å². The van der Waals surface area contributed by atoms with Crippen LogP contribution in [0.2, 0.25) is 0 Å². The van der Waals surface area contributed by atoms with Gasteiger partial charge in [0.15, 0.2) is 0 Å². The highest BCUT2D eigenvalue weighted by atomic mass is 32.2. The summed E-state index contributed by atoms with van der Waals surface area (Å²) in [4.78, 5) is 5.45. The Kier molecular flexibility index (Phi) is 4.41. The van der Waals surface area contributed by atoms with Crippen LogP contribution in [0.5, 0.6) is 0 Å². The van der Waals surface area contributed by atoms with Crippen LogP contribution in [0.1, 0.15) is 42.5 Å². The highest BCUT2D eigenvalue weighted by Crippen LogP contribution is 2.28. The monoisotopic (exact) mass is 231 g/mol. The Hall–Kier alpha value is -0.0600. The molecule has 1 atom stereocenters. The van der Waals surface area contributed by atoms with Crippen molar-refractivity contribution in [2.24, 2.45) is 0 Å². The van der Waals surface area contributed by atoms with Crippen LogP contribution in [0.3, 0.4) is 0 Å². The van der Waals surface area contributed by atoms with E-state index in [-0.39, 0.29) is 6.10 Å². The molecule has 0 bridgehead atoms. The fourth-order valence-corrected chi connectivity index (χ4v) is 2.93. The van der Waals surface area contributed by atoms with Crippen LogP contribution in [-0.4, -0.2) is 15.3 Å². The predicted molar refractivity (Wildman–Crippen MR) is 63.9 cm³/mol. The summed E-state index contributed by atoms with van der Waals surface area (Å²) < 4.78 is 0. The lowest BCUT2D eigenvalue weighted by Crippen LogP contribution is -1.89. The first kappa shape index (κ1) is 12.0. The molecular weight excluding hydrogens is 214 g/mol. The number of aromatic nitrogens is 1. The molecule has 80 valence electrons. The summed E-state index contributed by atoms with van der Waals surface area (Å²) in [7, 11) is 0. The van der Waals surface area contributed by atoms with Crippen molar-refractivity contribution in [1.29, 1.82) is 0 Å². The fraction of sp³-hybridized carbons (Fsp3) is 0.700. The number of thioether (sulfide) groups is 1. The van der Waals surface area contributed by atoms with E-state index in [1.165, 1.54) is 0 Å². The number of aliphatic hydroxyl groups is 1. The molecule has 1 unspecified atom stereocenters. The van der Waals surface area contributed by atoms with Crippen LogP contribution in [0.25, 0.3) is 0 Å². The molecule has 1 N–H and O–H groups in total. The van der Waals surface area contributed by atoms with E-state index in [1.54, 1.807) is 18.3 Å². The second-order valence-corrected chi connectivity index (χ2v) is 6.27. The van der Waals surface area contributed by atoms with E-state index in [4.69, 9.17) is 0 Å². The van der Waals surface area contributed by atoms with Crippen molar-refractivity contribution in [3.05, 3.63) is 15.6 Å². The summed E-state index contributed by atoms with van der Waals surface area (Å²) in [6.45, 7) is 8.11. The first-order chi connectivity index (χ1) is 6.50. The number of nitrogens with zero attached hydrogens (tertiary/aromatic N) is 1. The van der Waals surface area contributed by atoms with Gasteiger partial charge in [-0.3, -0.25) is 0 Å². The molecule has 0 radical (unpaired) electrons. The Morgan fingerprint density at radius 1 is 1.43 bits per heavy atom. The van der Waals surface area contributed by atoms with E-state index in [0.29, 0.717) is 5.25 Å². The van der Waals surface area contributed by atoms with Gasteiger partial charge in [0.25, 0.3) is 0 Å². The van der Waals surface area contributed by atoms with Crippen molar-refractivity contribution in [1.82, 2.24) is 4.98 Å². The maximum absolute atomic E-state index is 9.46. The highest BCUT2D eigenvalue weighted by Gasteiger charge is 2.11. The molecular formula is C10H17NOS2. The Bertz CT molecular complexity index is 294. The number of aliphatic hydroxyl groups excluding tert-OH is 1. The van der Waals surface area contributed by atoms with Crippen LogP contribution < -0.4 is 0 Å². The molecule has 2 nitrogen and oxygen atoms in total. The molecule has 0 aliphatic carbocycles. The van der Waals surface area contributed by atoms with Gasteiger partial charge in [0.05, 0.1) is 16.7 Å². The van der Waals surface area contributed by atoms with Gasteiger partial charge >= 0.3 is 0 Å². The molecule has 1 heterocycles. The number of rotatable bonds is 4. The van der Waals surface area contributed by atoms with Crippen molar-refractivity contribution < 1.29 is 5.11 Å². The molecule has 0 spiro atoms. The van der Waals surface area contributed by atoms with E-state index < -0.39 is 0 Å². The van der Waals surface area contributed by atoms with Crippen molar-refractivity contribution in [2.45, 2.75) is 44.8 Å². The first-order valence-electron chi connectivity index (χ1n) is 4.76. The molecule has 1 rings (SSSR count). The second kappa shape index (κ2) is 5.14. The van der Waals surface area contributed by atoms with Crippen LogP contribution in [0, 0.1) is 6.92 Å². The number of hydrogen-bond acceptors (Lipinski definition) is 4. The Balaban J connectivity index is 2.66. The van der Waals surface area contributed by atoms with Gasteiger partial charge in [-0.05, 0) is 19.1 Å². The largest absolute Gasteiger partial charge is 0.388 e. The van der Waals surface area contributed by atoms with E-state index in [9.17, 15) is 5.11 Å². The Morgan fingerprint density at radius 3 is 2.50 bits per heavy atom. The van der Waals surface area contributed by atoms with Gasteiger partial charge in [-0.15, -0.1) is 11.3 Å². The Labute approximate surface area is 93.8 Å². The third kappa shape index (κ3) is 3.26. The van der Waals surface area contributed by atoms with Gasteiger partial charge in [0, 0.05) is 5.75 Å². The topological polar surface area (TPSA) is 33.1 Å². The molecule has 0 saturated heterocycles. The SMILES string of the molecule is Cc1nc(CSC(C)C)sc1C(C)O. The molecule has 14 heavy (non-hydrogen) atoms. The maximum atomic E-state index is 9.46. The number of aryl methyl sites for hydroxylation is 1. The minimum absolute atomic E-state index is 0.384. The Morgan fingerprint density at radius 2 is 2.07 bits per heavy atom. The second-order valence-electron chi connectivity index (χ2n) is 3.59. The van der Waals surface area contributed by atoms with Gasteiger partial charge in [0.1, 0.15) is 5.01 Å². The van der Waals surface area contributed by atoms with E-state index in [1.807, 2.05) is 18.7 Å². The molecule has 0 saturated carbocycles. The summed E-state index contributed by atoms with van der Waals surface area (Å²) in [5.74, 6) is 0.954. The lowest BCUT2D eigenvalue weighted by molar-refractivity contribution is 0.202. The van der Waals surface area contributed by atoms with Gasteiger partial charge in [0.2, 0.25) is 0 Å². The molecule has 4 heteroatoms. The first-order valence-corrected chi connectivity index (χ1v) is 6.63. The van der Waals surface area contributed by atoms with Gasteiger partial charge in [-0.1, -0.05) is 13.8 Å². The van der Waals surface area contributed by atoms with Crippen molar-refractivity contribution in [2.75, 3.05) is 0 Å². The third-order valence-corrected chi connectivity index (χ3v) is 4.41. The molecule has 0 amide bonds.